The SMILES string of the molecule is NC(=CC(=NCCc1ccccc1OCCc1ccccc1)C(F)(F)F)C(F)(F)F. The summed E-state index contributed by atoms with van der Waals surface area (Å²) in [6.07, 6.45) is -9.61. The molecule has 0 bridgehead atoms. The highest BCUT2D eigenvalue weighted by atomic mass is 19.4. The van der Waals surface area contributed by atoms with E-state index in [4.69, 9.17) is 10.5 Å². The first kappa shape index (κ1) is 23.3. The van der Waals surface area contributed by atoms with Crippen LogP contribution >= 0.6 is 0 Å². The van der Waals surface area contributed by atoms with Crippen molar-refractivity contribution < 1.29 is 31.1 Å². The minimum Gasteiger partial charge on any atom is -0.493 e. The fourth-order valence-corrected chi connectivity index (χ4v) is 2.52. The van der Waals surface area contributed by atoms with Gasteiger partial charge in [-0.2, -0.15) is 26.3 Å². The van der Waals surface area contributed by atoms with Gasteiger partial charge in [-0.1, -0.05) is 48.5 Å². The molecule has 0 radical (unpaired) electrons. The van der Waals surface area contributed by atoms with Crippen LogP contribution < -0.4 is 10.5 Å². The van der Waals surface area contributed by atoms with E-state index >= 15 is 0 Å². The summed E-state index contributed by atoms with van der Waals surface area (Å²) >= 11 is 0. The molecular formula is C21H20F6N2O. The Balaban J connectivity index is 2.05. The van der Waals surface area contributed by atoms with E-state index < -0.39 is 23.8 Å². The molecule has 2 N–H and O–H groups in total. The third-order valence-electron chi connectivity index (χ3n) is 4.04. The number of allylic oxidation sites excluding steroid dienone is 2. The topological polar surface area (TPSA) is 47.6 Å². The molecule has 0 saturated carbocycles. The number of halogens is 6. The van der Waals surface area contributed by atoms with Crippen molar-refractivity contribution in [2.24, 2.45) is 10.7 Å². The maximum atomic E-state index is 13.0. The summed E-state index contributed by atoms with van der Waals surface area (Å²) in [6.45, 7) is -0.0154. The van der Waals surface area contributed by atoms with Crippen LogP contribution in [0.1, 0.15) is 11.1 Å². The standard InChI is InChI=1S/C21H20F6N2O/c22-20(23,24)18(28)14-19(21(25,26)27)29-12-10-16-8-4-5-9-17(16)30-13-11-15-6-2-1-3-7-15/h1-9,14H,10-13,28H2. The Kier molecular flexibility index (Phi) is 7.91. The highest BCUT2D eigenvalue weighted by molar-refractivity contribution is 6.00. The molecular weight excluding hydrogens is 410 g/mol. The molecule has 0 fully saturated rings. The number of nitrogens with two attached hydrogens (primary N) is 1. The first-order valence-electron chi connectivity index (χ1n) is 8.98. The van der Waals surface area contributed by atoms with Gasteiger partial charge in [-0.15, -0.1) is 0 Å². The van der Waals surface area contributed by atoms with Crippen LogP contribution in [0.15, 0.2) is 71.4 Å². The van der Waals surface area contributed by atoms with Gasteiger partial charge in [0.2, 0.25) is 0 Å². The van der Waals surface area contributed by atoms with Gasteiger partial charge in [-0.3, -0.25) is 4.99 Å². The van der Waals surface area contributed by atoms with Gasteiger partial charge in [0.25, 0.3) is 0 Å². The number of benzene rings is 2. The first-order chi connectivity index (χ1) is 14.1. The molecule has 3 nitrogen and oxygen atoms in total. The smallest absolute Gasteiger partial charge is 0.432 e. The van der Waals surface area contributed by atoms with E-state index in [-0.39, 0.29) is 19.0 Å². The average Bonchev–Trinajstić information content (AvgIpc) is 2.67. The van der Waals surface area contributed by atoms with E-state index in [9.17, 15) is 26.3 Å². The third kappa shape index (κ3) is 7.46. The van der Waals surface area contributed by atoms with Crippen molar-refractivity contribution in [3.05, 3.63) is 77.5 Å². The molecule has 0 unspecified atom stereocenters. The van der Waals surface area contributed by atoms with Crippen molar-refractivity contribution in [1.29, 1.82) is 0 Å². The van der Waals surface area contributed by atoms with E-state index in [0.717, 1.165) is 5.56 Å². The quantitative estimate of drug-likeness (QED) is 0.459. The number of rotatable bonds is 8. The molecule has 0 aliphatic heterocycles. The fraction of sp³-hybridized carbons (Fsp3) is 0.286. The van der Waals surface area contributed by atoms with Crippen LogP contribution in [0, 0.1) is 0 Å². The molecule has 0 heterocycles. The number of hydrogen-bond donors (Lipinski definition) is 1. The Hall–Kier alpha value is -2.97. The number of aliphatic imine (C=N–C) groups is 1. The van der Waals surface area contributed by atoms with Crippen LogP contribution in [-0.4, -0.2) is 31.2 Å². The lowest BCUT2D eigenvalue weighted by atomic mass is 10.1. The average molecular weight is 430 g/mol. The molecule has 0 saturated heterocycles. The van der Waals surface area contributed by atoms with E-state index in [2.05, 4.69) is 4.99 Å². The van der Waals surface area contributed by atoms with Crippen molar-refractivity contribution in [1.82, 2.24) is 0 Å². The number of alkyl halides is 6. The predicted molar refractivity (Wildman–Crippen MR) is 102 cm³/mol. The van der Waals surface area contributed by atoms with Crippen molar-refractivity contribution in [2.75, 3.05) is 13.2 Å². The van der Waals surface area contributed by atoms with Crippen molar-refractivity contribution >= 4 is 5.71 Å². The highest BCUT2D eigenvalue weighted by Gasteiger charge is 2.38. The van der Waals surface area contributed by atoms with Crippen LogP contribution in [-0.2, 0) is 12.8 Å². The maximum absolute atomic E-state index is 13.0. The Morgan fingerprint density at radius 2 is 1.50 bits per heavy atom. The molecule has 2 aromatic carbocycles. The number of nitrogens with zero attached hydrogens (tertiary/aromatic N) is 1. The molecule has 0 aliphatic rings. The van der Waals surface area contributed by atoms with Gasteiger partial charge in [0, 0.05) is 13.0 Å². The second-order valence-electron chi connectivity index (χ2n) is 6.30. The van der Waals surface area contributed by atoms with Crippen molar-refractivity contribution in [3.63, 3.8) is 0 Å². The summed E-state index contributed by atoms with van der Waals surface area (Å²) in [4.78, 5) is 3.29. The van der Waals surface area contributed by atoms with Crippen molar-refractivity contribution in [3.8, 4) is 5.75 Å². The minimum atomic E-state index is -5.06. The molecule has 30 heavy (non-hydrogen) atoms. The minimum absolute atomic E-state index is 0.0564. The Morgan fingerprint density at radius 3 is 2.13 bits per heavy atom. The normalized spacial score (nSPS) is 13.4. The highest BCUT2D eigenvalue weighted by Crippen LogP contribution is 2.25. The van der Waals surface area contributed by atoms with E-state index in [1.165, 1.54) is 0 Å². The zero-order valence-corrected chi connectivity index (χ0v) is 15.8. The number of ether oxygens (including phenoxy) is 1. The number of hydrogen-bond acceptors (Lipinski definition) is 3. The molecule has 0 spiro atoms. The summed E-state index contributed by atoms with van der Waals surface area (Å²) < 4.78 is 82.0. The third-order valence-corrected chi connectivity index (χ3v) is 4.04. The lowest BCUT2D eigenvalue weighted by molar-refractivity contribution is -0.0928. The molecule has 162 valence electrons. The lowest BCUT2D eigenvalue weighted by Crippen LogP contribution is -2.27. The van der Waals surface area contributed by atoms with Crippen LogP contribution in [0.3, 0.4) is 0 Å². The predicted octanol–water partition coefficient (Wildman–Crippen LogP) is 5.26. The monoisotopic (exact) mass is 430 g/mol. The molecule has 0 aromatic heterocycles. The van der Waals surface area contributed by atoms with Gasteiger partial charge < -0.3 is 10.5 Å². The van der Waals surface area contributed by atoms with Crippen LogP contribution in [0.2, 0.25) is 0 Å². The Morgan fingerprint density at radius 1 is 0.867 bits per heavy atom. The second kappa shape index (κ2) is 10.2. The summed E-state index contributed by atoms with van der Waals surface area (Å²) in [5, 5.41) is 0. The molecule has 0 aliphatic carbocycles. The van der Waals surface area contributed by atoms with Gasteiger partial charge in [0.05, 0.1) is 6.61 Å². The second-order valence-corrected chi connectivity index (χ2v) is 6.30. The zero-order valence-electron chi connectivity index (χ0n) is 15.8. The molecule has 0 atom stereocenters. The number of para-hydroxylation sites is 1. The Labute approximate surface area is 169 Å². The summed E-state index contributed by atoms with van der Waals surface area (Å²) in [7, 11) is 0. The van der Waals surface area contributed by atoms with E-state index in [1.807, 2.05) is 30.3 Å². The summed E-state index contributed by atoms with van der Waals surface area (Å²) in [5.74, 6) is 0.488. The molecule has 2 aromatic rings. The largest absolute Gasteiger partial charge is 0.493 e. The summed E-state index contributed by atoms with van der Waals surface area (Å²) in [6, 6.07) is 16.3. The molecule has 9 heteroatoms. The van der Waals surface area contributed by atoms with Crippen LogP contribution in [0.25, 0.3) is 0 Å². The van der Waals surface area contributed by atoms with Gasteiger partial charge >= 0.3 is 12.4 Å². The molecule has 2 rings (SSSR count). The van der Waals surface area contributed by atoms with E-state index in [1.54, 1.807) is 24.3 Å². The summed E-state index contributed by atoms with van der Waals surface area (Å²) in [5.41, 5.74) is 2.83. The first-order valence-corrected chi connectivity index (χ1v) is 8.98. The lowest BCUT2D eigenvalue weighted by Gasteiger charge is -2.12. The van der Waals surface area contributed by atoms with Gasteiger partial charge in [0.15, 0.2) is 0 Å². The molecule has 0 amide bonds. The fourth-order valence-electron chi connectivity index (χ4n) is 2.52. The van der Waals surface area contributed by atoms with Gasteiger partial charge in [-0.05, 0) is 29.7 Å². The maximum Gasteiger partial charge on any atom is 0.432 e. The van der Waals surface area contributed by atoms with Gasteiger partial charge in [-0.25, -0.2) is 0 Å². The van der Waals surface area contributed by atoms with Crippen LogP contribution in [0.4, 0.5) is 26.3 Å². The Bertz CT molecular complexity index is 873. The van der Waals surface area contributed by atoms with E-state index in [0.29, 0.717) is 24.3 Å². The van der Waals surface area contributed by atoms with Crippen molar-refractivity contribution in [2.45, 2.75) is 25.2 Å². The van der Waals surface area contributed by atoms with Crippen LogP contribution in [0.5, 0.6) is 5.75 Å². The van der Waals surface area contributed by atoms with Gasteiger partial charge in [0.1, 0.15) is 17.2 Å². The zero-order chi connectivity index (χ0) is 22.2.